The van der Waals surface area contributed by atoms with Gasteiger partial charge in [0.25, 0.3) is 5.91 Å². The molecule has 6 nitrogen and oxygen atoms in total. The van der Waals surface area contributed by atoms with Gasteiger partial charge in [-0.3, -0.25) is 25.8 Å². The van der Waals surface area contributed by atoms with Crippen molar-refractivity contribution in [3.8, 4) is 5.75 Å². The first-order valence-corrected chi connectivity index (χ1v) is 9.00. The van der Waals surface area contributed by atoms with E-state index < -0.39 is 0 Å². The van der Waals surface area contributed by atoms with E-state index in [1.807, 2.05) is 6.92 Å². The minimum absolute atomic E-state index is 0.0360. The first-order chi connectivity index (χ1) is 11.5. The second kappa shape index (κ2) is 11.0. The predicted octanol–water partition coefficient (Wildman–Crippen LogP) is 3.06. The number of unbranched alkanes of at least 4 members (excludes halogenated alkanes) is 2. The molecule has 0 bridgehead atoms. The Bertz CT molecular complexity index is 596. The molecule has 0 aromatic heterocycles. The summed E-state index contributed by atoms with van der Waals surface area (Å²) in [6, 6.07) is 4.98. The molecule has 0 spiro atoms. The van der Waals surface area contributed by atoms with E-state index in [1.165, 1.54) is 0 Å². The molecule has 1 rings (SSSR count). The van der Waals surface area contributed by atoms with Crippen molar-refractivity contribution < 1.29 is 14.3 Å². The lowest BCUT2D eigenvalue weighted by molar-refractivity contribution is -0.121. The number of halogens is 1. The summed E-state index contributed by atoms with van der Waals surface area (Å²) < 4.78 is 6.07. The molecule has 132 valence electrons. The van der Waals surface area contributed by atoms with Gasteiger partial charge in [-0.1, -0.05) is 19.8 Å². The molecule has 0 fully saturated rings. The smallest absolute Gasteiger partial charge is 0.257 e. The number of nitrogens with one attached hydrogen (secondary N) is 3. The lowest BCUT2D eigenvalue weighted by Gasteiger charge is -2.11. The van der Waals surface area contributed by atoms with Gasteiger partial charge in [0.15, 0.2) is 5.11 Å². The fourth-order valence-corrected chi connectivity index (χ4v) is 2.48. The zero-order chi connectivity index (χ0) is 17.9. The average Bonchev–Trinajstić information content (AvgIpc) is 2.55. The Morgan fingerprint density at radius 1 is 1.21 bits per heavy atom. The summed E-state index contributed by atoms with van der Waals surface area (Å²) in [5, 5.41) is 2.54. The van der Waals surface area contributed by atoms with E-state index in [0.29, 0.717) is 28.8 Å². The van der Waals surface area contributed by atoms with Gasteiger partial charge in [0, 0.05) is 12.0 Å². The van der Waals surface area contributed by atoms with Crippen molar-refractivity contribution in [2.24, 2.45) is 0 Å². The van der Waals surface area contributed by atoms with Crippen LogP contribution in [0.4, 0.5) is 0 Å². The fourth-order valence-electron chi connectivity index (χ4n) is 1.85. The second-order valence-corrected chi connectivity index (χ2v) is 6.25. The van der Waals surface area contributed by atoms with Crippen molar-refractivity contribution in [1.29, 1.82) is 0 Å². The molecule has 0 unspecified atom stereocenters. The van der Waals surface area contributed by atoms with Crippen LogP contribution in [0.5, 0.6) is 5.75 Å². The molecule has 1 aromatic carbocycles. The van der Waals surface area contributed by atoms with Crippen molar-refractivity contribution in [1.82, 2.24) is 16.2 Å². The third-order valence-corrected chi connectivity index (χ3v) is 3.87. The van der Waals surface area contributed by atoms with E-state index in [-0.39, 0.29) is 16.9 Å². The van der Waals surface area contributed by atoms with Crippen molar-refractivity contribution in [2.75, 3.05) is 6.61 Å². The first kappa shape index (κ1) is 20.4. The molecule has 0 aliphatic carbocycles. The summed E-state index contributed by atoms with van der Waals surface area (Å²) in [6.45, 7) is 4.49. The number of thiocarbonyl (C=S) groups is 1. The van der Waals surface area contributed by atoms with E-state index in [0.717, 1.165) is 19.3 Å². The number of benzene rings is 1. The molecule has 0 radical (unpaired) electrons. The van der Waals surface area contributed by atoms with Gasteiger partial charge in [0.05, 0.1) is 11.1 Å². The number of carbonyl (C=O) groups is 2. The van der Waals surface area contributed by atoms with Gasteiger partial charge < -0.3 is 4.74 Å². The molecule has 2 amide bonds. The van der Waals surface area contributed by atoms with Crippen molar-refractivity contribution >= 4 is 45.1 Å². The van der Waals surface area contributed by atoms with Crippen LogP contribution in [-0.2, 0) is 4.79 Å². The monoisotopic (exact) mass is 415 g/mol. The number of carbonyl (C=O) groups excluding carboxylic acids is 2. The Kier molecular flexibility index (Phi) is 9.33. The molecule has 0 heterocycles. The van der Waals surface area contributed by atoms with E-state index >= 15 is 0 Å². The molecular weight excluding hydrogens is 394 g/mol. The van der Waals surface area contributed by atoms with E-state index in [2.05, 4.69) is 39.0 Å². The molecule has 0 saturated carbocycles. The molecule has 0 atom stereocenters. The van der Waals surface area contributed by atoms with Crippen LogP contribution in [0.15, 0.2) is 22.7 Å². The number of hydrogen-bond donors (Lipinski definition) is 3. The van der Waals surface area contributed by atoms with Crippen LogP contribution >= 0.6 is 28.1 Å². The topological polar surface area (TPSA) is 79.5 Å². The highest BCUT2D eigenvalue weighted by molar-refractivity contribution is 9.10. The van der Waals surface area contributed by atoms with Crippen molar-refractivity contribution in [3.63, 3.8) is 0 Å². The number of rotatable bonds is 7. The van der Waals surface area contributed by atoms with Crippen LogP contribution in [0, 0.1) is 0 Å². The van der Waals surface area contributed by atoms with Crippen LogP contribution in [0.1, 0.15) is 49.9 Å². The molecule has 0 aliphatic rings. The van der Waals surface area contributed by atoms with Crippen LogP contribution in [0.2, 0.25) is 0 Å². The lowest BCUT2D eigenvalue weighted by atomic mass is 10.2. The van der Waals surface area contributed by atoms with Gasteiger partial charge in [0.1, 0.15) is 5.75 Å². The Balaban J connectivity index is 2.45. The first-order valence-electron chi connectivity index (χ1n) is 7.80. The molecule has 8 heteroatoms. The lowest BCUT2D eigenvalue weighted by Crippen LogP contribution is -2.48. The van der Waals surface area contributed by atoms with Crippen molar-refractivity contribution in [2.45, 2.75) is 39.5 Å². The number of ether oxygens (including phenoxy) is 1. The SMILES string of the molecule is CCCCCC(=O)NNC(=S)NC(=O)c1ccc(OCC)c(Br)c1. The normalized spacial score (nSPS) is 9.96. The maximum absolute atomic E-state index is 12.1. The second-order valence-electron chi connectivity index (χ2n) is 4.99. The van der Waals surface area contributed by atoms with Gasteiger partial charge in [-0.05, 0) is 59.7 Å². The Morgan fingerprint density at radius 2 is 1.96 bits per heavy atom. The largest absolute Gasteiger partial charge is 0.493 e. The zero-order valence-corrected chi connectivity index (χ0v) is 16.2. The number of hydrazine groups is 1. The van der Waals surface area contributed by atoms with Gasteiger partial charge in [-0.25, -0.2) is 0 Å². The van der Waals surface area contributed by atoms with Crippen molar-refractivity contribution in [3.05, 3.63) is 28.2 Å². The fraction of sp³-hybridized carbons (Fsp3) is 0.438. The highest BCUT2D eigenvalue weighted by Gasteiger charge is 2.11. The molecule has 1 aromatic rings. The van der Waals surface area contributed by atoms with E-state index in [4.69, 9.17) is 17.0 Å². The standard InChI is InChI=1S/C16H22BrN3O3S/c1-3-5-6-7-14(21)19-20-16(24)18-15(22)11-8-9-13(23-4-2)12(17)10-11/h8-10H,3-7H2,1-2H3,(H,19,21)(H2,18,20,22,24). The maximum atomic E-state index is 12.1. The quantitative estimate of drug-likeness (QED) is 0.362. The number of hydrogen-bond acceptors (Lipinski definition) is 4. The highest BCUT2D eigenvalue weighted by Crippen LogP contribution is 2.25. The predicted molar refractivity (Wildman–Crippen MR) is 101 cm³/mol. The summed E-state index contributed by atoms with van der Waals surface area (Å²) in [4.78, 5) is 23.7. The van der Waals surface area contributed by atoms with E-state index in [1.54, 1.807) is 18.2 Å². The van der Waals surface area contributed by atoms with Gasteiger partial charge >= 0.3 is 0 Å². The van der Waals surface area contributed by atoms with Gasteiger partial charge in [0.2, 0.25) is 5.91 Å². The van der Waals surface area contributed by atoms with Crippen LogP contribution < -0.4 is 20.9 Å². The Labute approximate surface area is 155 Å². The van der Waals surface area contributed by atoms with Crippen LogP contribution in [0.3, 0.4) is 0 Å². The highest BCUT2D eigenvalue weighted by atomic mass is 79.9. The Hall–Kier alpha value is -1.67. The van der Waals surface area contributed by atoms with Crippen LogP contribution in [-0.4, -0.2) is 23.5 Å². The Morgan fingerprint density at radius 3 is 2.58 bits per heavy atom. The molecular formula is C16H22BrN3O3S. The van der Waals surface area contributed by atoms with Gasteiger partial charge in [-0.15, -0.1) is 0 Å². The minimum atomic E-state index is -0.378. The number of amides is 2. The molecule has 24 heavy (non-hydrogen) atoms. The third kappa shape index (κ3) is 7.27. The molecule has 0 aliphatic heterocycles. The minimum Gasteiger partial charge on any atom is -0.493 e. The molecule has 0 saturated heterocycles. The summed E-state index contributed by atoms with van der Waals surface area (Å²) in [7, 11) is 0. The molecule has 3 N–H and O–H groups in total. The average molecular weight is 416 g/mol. The van der Waals surface area contributed by atoms with Gasteiger partial charge in [-0.2, -0.15) is 0 Å². The van der Waals surface area contributed by atoms with Crippen LogP contribution in [0.25, 0.3) is 0 Å². The third-order valence-electron chi connectivity index (χ3n) is 3.04. The summed E-state index contributed by atoms with van der Waals surface area (Å²) in [6.07, 6.45) is 3.29. The van der Waals surface area contributed by atoms with E-state index in [9.17, 15) is 9.59 Å². The summed E-state index contributed by atoms with van der Waals surface area (Å²) >= 11 is 8.34. The maximum Gasteiger partial charge on any atom is 0.257 e. The zero-order valence-electron chi connectivity index (χ0n) is 13.8. The summed E-state index contributed by atoms with van der Waals surface area (Å²) in [5.41, 5.74) is 5.40. The summed E-state index contributed by atoms with van der Waals surface area (Å²) in [5.74, 6) is 0.120.